The van der Waals surface area contributed by atoms with E-state index in [0.717, 1.165) is 44.7 Å². The van der Waals surface area contributed by atoms with Gasteiger partial charge in [0, 0.05) is 49.3 Å². The molecule has 4 aromatic heterocycles. The van der Waals surface area contributed by atoms with Gasteiger partial charge in [-0.15, -0.1) is 11.3 Å². The molecule has 0 saturated heterocycles. The van der Waals surface area contributed by atoms with E-state index in [4.69, 9.17) is 15.0 Å². The van der Waals surface area contributed by atoms with Crippen molar-refractivity contribution in [1.82, 2.24) is 19.5 Å². The van der Waals surface area contributed by atoms with Gasteiger partial charge in [-0.1, -0.05) is 109 Å². The lowest BCUT2D eigenvalue weighted by Crippen LogP contribution is -1.98. The highest BCUT2D eigenvalue weighted by atomic mass is 32.1. The van der Waals surface area contributed by atoms with Crippen LogP contribution in [-0.2, 0) is 0 Å². The maximum absolute atomic E-state index is 5.19. The first kappa shape index (κ1) is 29.1. The first-order valence-electron chi connectivity index (χ1n) is 17.4. The Morgan fingerprint density at radius 3 is 2.02 bits per heavy atom. The molecule has 0 atom stereocenters. The Hall–Kier alpha value is -6.69. The molecule has 4 nitrogen and oxygen atoms in total. The SMILES string of the molecule is c1ccc(-c2cccc(-c3nc(-c4ccc(-n5c6ccccc6c6c7ccccc7c7c8ccccc8sc7c65)cc4)nc4cccnc34)c2)cc1. The molecule has 5 heteroatoms. The lowest BCUT2D eigenvalue weighted by Gasteiger charge is -2.12. The number of hydrogen-bond donors (Lipinski definition) is 0. The van der Waals surface area contributed by atoms with E-state index in [1.807, 2.05) is 35.7 Å². The third-order valence-electron chi connectivity index (χ3n) is 10.2. The Balaban J connectivity index is 1.11. The lowest BCUT2D eigenvalue weighted by molar-refractivity contribution is 1.18. The number of rotatable bonds is 4. The minimum absolute atomic E-state index is 0.673. The monoisotopic (exact) mass is 680 g/mol. The Kier molecular flexibility index (Phi) is 6.39. The number of benzene rings is 7. The Bertz CT molecular complexity index is 3180. The minimum Gasteiger partial charge on any atom is -0.308 e. The Morgan fingerprint density at radius 1 is 0.481 bits per heavy atom. The van der Waals surface area contributed by atoms with Crippen LogP contribution in [0.3, 0.4) is 0 Å². The van der Waals surface area contributed by atoms with Crippen LogP contribution in [0.25, 0.3) is 103 Å². The van der Waals surface area contributed by atoms with Crippen LogP contribution in [0.5, 0.6) is 0 Å². The second-order valence-corrected chi connectivity index (χ2v) is 14.2. The van der Waals surface area contributed by atoms with Crippen molar-refractivity contribution in [3.63, 3.8) is 0 Å². The van der Waals surface area contributed by atoms with Crippen molar-refractivity contribution in [3.8, 4) is 39.5 Å². The van der Waals surface area contributed by atoms with Gasteiger partial charge in [0.2, 0.25) is 0 Å². The summed E-state index contributed by atoms with van der Waals surface area (Å²) in [5, 5.41) is 7.76. The highest BCUT2D eigenvalue weighted by molar-refractivity contribution is 7.27. The van der Waals surface area contributed by atoms with Crippen molar-refractivity contribution in [2.75, 3.05) is 0 Å². The second kappa shape index (κ2) is 11.4. The van der Waals surface area contributed by atoms with Crippen molar-refractivity contribution < 1.29 is 0 Å². The van der Waals surface area contributed by atoms with Crippen LogP contribution >= 0.6 is 11.3 Å². The summed E-state index contributed by atoms with van der Waals surface area (Å²) in [5.41, 5.74) is 10.2. The first-order chi connectivity index (χ1) is 25.8. The number of thiophene rings is 1. The van der Waals surface area contributed by atoms with E-state index < -0.39 is 0 Å². The summed E-state index contributed by atoms with van der Waals surface area (Å²) >= 11 is 1.88. The van der Waals surface area contributed by atoms with Crippen molar-refractivity contribution in [1.29, 1.82) is 0 Å². The largest absolute Gasteiger partial charge is 0.308 e. The minimum atomic E-state index is 0.673. The molecule has 0 spiro atoms. The summed E-state index contributed by atoms with van der Waals surface area (Å²) < 4.78 is 5.06. The smallest absolute Gasteiger partial charge is 0.160 e. The Morgan fingerprint density at radius 2 is 1.17 bits per heavy atom. The van der Waals surface area contributed by atoms with Gasteiger partial charge in [0.15, 0.2) is 5.82 Å². The molecule has 0 unspecified atom stereocenters. The first-order valence-corrected chi connectivity index (χ1v) is 18.3. The third kappa shape index (κ3) is 4.36. The highest BCUT2D eigenvalue weighted by Gasteiger charge is 2.22. The molecule has 0 aliphatic heterocycles. The van der Waals surface area contributed by atoms with Gasteiger partial charge >= 0.3 is 0 Å². The number of fused-ring (bicyclic) bond motifs is 11. The quantitative estimate of drug-likeness (QED) is 0.186. The maximum Gasteiger partial charge on any atom is 0.160 e. The zero-order chi connectivity index (χ0) is 34.2. The summed E-state index contributed by atoms with van der Waals surface area (Å²) in [6.45, 7) is 0. The van der Waals surface area contributed by atoms with Gasteiger partial charge in [-0.2, -0.15) is 0 Å². The van der Waals surface area contributed by atoms with Crippen molar-refractivity contribution in [2.45, 2.75) is 0 Å². The number of para-hydroxylation sites is 1. The third-order valence-corrected chi connectivity index (χ3v) is 11.4. The van der Waals surface area contributed by atoms with Crippen LogP contribution in [0, 0.1) is 0 Å². The van der Waals surface area contributed by atoms with E-state index in [1.54, 1.807) is 0 Å². The molecule has 0 fully saturated rings. The summed E-state index contributed by atoms with van der Waals surface area (Å²) in [6.07, 6.45) is 1.81. The van der Waals surface area contributed by atoms with Crippen LogP contribution in [-0.4, -0.2) is 19.5 Å². The molecule has 242 valence electrons. The molecular formula is C47H28N4S. The van der Waals surface area contributed by atoms with Crippen molar-refractivity contribution in [3.05, 3.63) is 170 Å². The van der Waals surface area contributed by atoms with Crippen LogP contribution in [0.1, 0.15) is 0 Å². The molecule has 0 aliphatic carbocycles. The molecule has 4 heterocycles. The zero-order valence-corrected chi connectivity index (χ0v) is 28.7. The molecule has 0 N–H and O–H groups in total. The predicted octanol–water partition coefficient (Wildman–Crippen LogP) is 12.6. The van der Waals surface area contributed by atoms with Crippen LogP contribution in [0.4, 0.5) is 0 Å². The summed E-state index contributed by atoms with van der Waals surface area (Å²) in [6, 6.07) is 58.1. The van der Waals surface area contributed by atoms with Crippen LogP contribution in [0.15, 0.2) is 170 Å². The molecule has 52 heavy (non-hydrogen) atoms. The predicted molar refractivity (Wildman–Crippen MR) is 218 cm³/mol. The van der Waals surface area contributed by atoms with Gasteiger partial charge < -0.3 is 4.57 Å². The van der Waals surface area contributed by atoms with E-state index in [1.165, 1.54) is 52.8 Å². The number of pyridine rings is 1. The van der Waals surface area contributed by atoms with Gasteiger partial charge in [-0.05, 0) is 76.5 Å². The van der Waals surface area contributed by atoms with E-state index in [2.05, 4.69) is 150 Å². The van der Waals surface area contributed by atoms with Gasteiger partial charge in [0.1, 0.15) is 11.2 Å². The maximum atomic E-state index is 5.19. The zero-order valence-electron chi connectivity index (χ0n) is 27.9. The Labute approximate surface area is 302 Å². The van der Waals surface area contributed by atoms with Gasteiger partial charge in [0.25, 0.3) is 0 Å². The molecule has 7 aromatic carbocycles. The van der Waals surface area contributed by atoms with E-state index in [9.17, 15) is 0 Å². The van der Waals surface area contributed by atoms with E-state index in [-0.39, 0.29) is 0 Å². The molecule has 11 aromatic rings. The van der Waals surface area contributed by atoms with Crippen LogP contribution < -0.4 is 0 Å². The standard InChI is InChI=1S/C47H28N4S/c1-2-12-29(13-3-1)31-14-10-15-32(28-31)43-44-38(20-11-27-48-44)49-47(50-43)30-23-25-33(26-24-30)51-39-21-8-6-18-36(39)41-34-16-4-5-17-35(34)42-37-19-7-9-22-40(37)52-46(42)45(41)51/h1-28H. The van der Waals surface area contributed by atoms with Crippen molar-refractivity contribution in [2.24, 2.45) is 0 Å². The second-order valence-electron chi connectivity index (χ2n) is 13.2. The molecule has 0 bridgehead atoms. The fourth-order valence-electron chi connectivity index (χ4n) is 7.93. The molecule has 0 saturated carbocycles. The molecule has 0 aliphatic rings. The highest BCUT2D eigenvalue weighted by Crippen LogP contribution is 2.47. The lowest BCUT2D eigenvalue weighted by atomic mass is 9.99. The van der Waals surface area contributed by atoms with Crippen molar-refractivity contribution >= 4 is 75.1 Å². The van der Waals surface area contributed by atoms with Gasteiger partial charge in [-0.25, -0.2) is 9.97 Å². The summed E-state index contributed by atoms with van der Waals surface area (Å²) in [4.78, 5) is 14.9. The van der Waals surface area contributed by atoms with E-state index in [0.29, 0.717) is 5.82 Å². The summed E-state index contributed by atoms with van der Waals surface area (Å²) in [7, 11) is 0. The molecular weight excluding hydrogens is 653 g/mol. The number of aromatic nitrogens is 4. The fourth-order valence-corrected chi connectivity index (χ4v) is 9.19. The molecule has 0 radical (unpaired) electrons. The molecule has 0 amide bonds. The number of nitrogens with zero attached hydrogens (tertiary/aromatic N) is 4. The normalized spacial score (nSPS) is 11.8. The topological polar surface area (TPSA) is 43.6 Å². The average molecular weight is 681 g/mol. The van der Waals surface area contributed by atoms with Crippen LogP contribution in [0.2, 0.25) is 0 Å². The van der Waals surface area contributed by atoms with Gasteiger partial charge in [-0.3, -0.25) is 4.98 Å². The summed E-state index contributed by atoms with van der Waals surface area (Å²) in [5.74, 6) is 0.673. The number of hydrogen-bond acceptors (Lipinski definition) is 4. The fraction of sp³-hybridized carbons (Fsp3) is 0. The average Bonchev–Trinajstić information content (AvgIpc) is 3.78. The van der Waals surface area contributed by atoms with E-state index >= 15 is 0 Å². The van der Waals surface area contributed by atoms with Gasteiger partial charge in [0.05, 0.1) is 21.3 Å². The molecule has 11 rings (SSSR count).